The molecule has 148 valence electrons. The number of rotatable bonds is 5. The molecule has 3 rings (SSSR count). The fourth-order valence-electron chi connectivity index (χ4n) is 3.46. The summed E-state index contributed by atoms with van der Waals surface area (Å²) in [5.74, 6) is -0.153. The number of carbonyl (C=O) groups is 2. The van der Waals surface area contributed by atoms with Gasteiger partial charge in [0, 0.05) is 28.3 Å². The summed E-state index contributed by atoms with van der Waals surface area (Å²) < 4.78 is 13.1. The Labute approximate surface area is 169 Å². The van der Waals surface area contributed by atoms with Crippen molar-refractivity contribution in [3.05, 3.63) is 53.8 Å². The standard InChI is InChI=1S/C22H25FN2O2S/c1-14-5-3-4-6-19(14)25-22(27)16-7-12-21(20(13-16)24-15(2)26)28-18-10-8-17(23)9-11-18/h7-14,19H,3-6H2,1-2H3,(H,24,26)(H,25,27)/t14-,19-/m0/s1. The van der Waals surface area contributed by atoms with E-state index in [4.69, 9.17) is 0 Å². The molecule has 2 aromatic rings. The van der Waals surface area contributed by atoms with Gasteiger partial charge in [0.15, 0.2) is 0 Å². The van der Waals surface area contributed by atoms with Gasteiger partial charge in [-0.05, 0) is 61.2 Å². The van der Waals surface area contributed by atoms with E-state index in [1.165, 1.54) is 37.2 Å². The molecule has 1 saturated carbocycles. The molecule has 0 heterocycles. The average Bonchev–Trinajstić information content (AvgIpc) is 2.66. The van der Waals surface area contributed by atoms with Gasteiger partial charge in [0.05, 0.1) is 5.69 Å². The van der Waals surface area contributed by atoms with Crippen molar-refractivity contribution in [3.8, 4) is 0 Å². The maximum absolute atomic E-state index is 13.1. The molecule has 2 atom stereocenters. The molecule has 1 fully saturated rings. The minimum atomic E-state index is -0.296. The van der Waals surface area contributed by atoms with Gasteiger partial charge in [-0.1, -0.05) is 31.5 Å². The first kappa shape index (κ1) is 20.4. The fraction of sp³-hybridized carbons (Fsp3) is 0.364. The minimum absolute atomic E-state index is 0.122. The third-order valence-electron chi connectivity index (χ3n) is 5.02. The highest BCUT2D eigenvalue weighted by molar-refractivity contribution is 7.99. The molecule has 2 amide bonds. The third kappa shape index (κ3) is 5.35. The Bertz CT molecular complexity index is 854. The van der Waals surface area contributed by atoms with Crippen molar-refractivity contribution in [2.45, 2.75) is 55.4 Å². The Morgan fingerprint density at radius 1 is 1.07 bits per heavy atom. The highest BCUT2D eigenvalue weighted by atomic mass is 32.2. The molecule has 0 aliphatic heterocycles. The van der Waals surface area contributed by atoms with Gasteiger partial charge in [-0.15, -0.1) is 0 Å². The second kappa shape index (κ2) is 9.24. The van der Waals surface area contributed by atoms with Crippen LogP contribution in [0.25, 0.3) is 0 Å². The molecule has 0 aromatic heterocycles. The Morgan fingerprint density at radius 3 is 2.46 bits per heavy atom. The van der Waals surface area contributed by atoms with E-state index in [0.29, 0.717) is 17.2 Å². The fourth-order valence-corrected chi connectivity index (χ4v) is 4.34. The van der Waals surface area contributed by atoms with Gasteiger partial charge in [-0.2, -0.15) is 0 Å². The van der Waals surface area contributed by atoms with Gasteiger partial charge in [0.25, 0.3) is 5.91 Å². The van der Waals surface area contributed by atoms with Crippen LogP contribution in [0.3, 0.4) is 0 Å². The van der Waals surface area contributed by atoms with E-state index in [0.717, 1.165) is 29.1 Å². The highest BCUT2D eigenvalue weighted by Gasteiger charge is 2.23. The molecule has 1 aliphatic rings. The molecule has 0 bridgehead atoms. The third-order valence-corrected chi connectivity index (χ3v) is 6.11. The van der Waals surface area contributed by atoms with Gasteiger partial charge in [0.1, 0.15) is 5.82 Å². The Kier molecular flexibility index (Phi) is 6.73. The Balaban J connectivity index is 1.79. The summed E-state index contributed by atoms with van der Waals surface area (Å²) in [4.78, 5) is 26.0. The van der Waals surface area contributed by atoms with Gasteiger partial charge >= 0.3 is 0 Å². The predicted molar refractivity (Wildman–Crippen MR) is 110 cm³/mol. The number of amides is 2. The van der Waals surface area contributed by atoms with Crippen molar-refractivity contribution in [2.75, 3.05) is 5.32 Å². The molecule has 0 unspecified atom stereocenters. The van der Waals surface area contributed by atoms with Crippen molar-refractivity contribution in [1.82, 2.24) is 5.32 Å². The van der Waals surface area contributed by atoms with E-state index in [9.17, 15) is 14.0 Å². The Hall–Kier alpha value is -2.34. The van der Waals surface area contributed by atoms with Crippen LogP contribution in [0.4, 0.5) is 10.1 Å². The number of benzene rings is 2. The zero-order valence-electron chi connectivity index (χ0n) is 16.1. The minimum Gasteiger partial charge on any atom is -0.349 e. The van der Waals surface area contributed by atoms with E-state index in [2.05, 4.69) is 17.6 Å². The summed E-state index contributed by atoms with van der Waals surface area (Å²) in [6, 6.07) is 11.6. The van der Waals surface area contributed by atoms with E-state index in [1.54, 1.807) is 24.3 Å². The first-order valence-corrected chi connectivity index (χ1v) is 10.4. The second-order valence-electron chi connectivity index (χ2n) is 7.29. The SMILES string of the molecule is CC(=O)Nc1cc(C(=O)N[C@H]2CCCC[C@@H]2C)ccc1Sc1ccc(F)cc1. The van der Waals surface area contributed by atoms with E-state index in [1.807, 2.05) is 6.07 Å². The second-order valence-corrected chi connectivity index (χ2v) is 8.41. The lowest BCUT2D eigenvalue weighted by Gasteiger charge is -2.29. The molecule has 0 saturated heterocycles. The number of anilines is 1. The molecule has 0 radical (unpaired) electrons. The van der Waals surface area contributed by atoms with Crippen LogP contribution >= 0.6 is 11.8 Å². The highest BCUT2D eigenvalue weighted by Crippen LogP contribution is 2.34. The maximum Gasteiger partial charge on any atom is 0.251 e. The molecule has 1 aliphatic carbocycles. The van der Waals surface area contributed by atoms with E-state index >= 15 is 0 Å². The molecule has 0 spiro atoms. The Morgan fingerprint density at radius 2 is 1.79 bits per heavy atom. The molecular formula is C22H25FN2O2S. The normalized spacial score (nSPS) is 19.1. The zero-order chi connectivity index (χ0) is 20.1. The monoisotopic (exact) mass is 400 g/mol. The molecule has 6 heteroatoms. The van der Waals surface area contributed by atoms with Crippen LogP contribution in [0.1, 0.15) is 49.9 Å². The summed E-state index contributed by atoms with van der Waals surface area (Å²) in [5.41, 5.74) is 1.09. The number of hydrogen-bond acceptors (Lipinski definition) is 3. The quantitative estimate of drug-likeness (QED) is 0.721. The summed E-state index contributed by atoms with van der Waals surface area (Å²) in [7, 11) is 0. The van der Waals surface area contributed by atoms with Gasteiger partial charge in [0.2, 0.25) is 5.91 Å². The maximum atomic E-state index is 13.1. The first-order chi connectivity index (χ1) is 13.4. The average molecular weight is 401 g/mol. The van der Waals surface area contributed by atoms with E-state index in [-0.39, 0.29) is 23.7 Å². The van der Waals surface area contributed by atoms with Crippen LogP contribution in [-0.4, -0.2) is 17.9 Å². The topological polar surface area (TPSA) is 58.2 Å². The van der Waals surface area contributed by atoms with Crippen molar-refractivity contribution < 1.29 is 14.0 Å². The lowest BCUT2D eigenvalue weighted by molar-refractivity contribution is -0.114. The smallest absolute Gasteiger partial charge is 0.251 e. The predicted octanol–water partition coefficient (Wildman–Crippen LogP) is 5.24. The van der Waals surface area contributed by atoms with Gasteiger partial charge in [-0.3, -0.25) is 9.59 Å². The van der Waals surface area contributed by atoms with Crippen LogP contribution in [0.5, 0.6) is 0 Å². The zero-order valence-corrected chi connectivity index (χ0v) is 16.9. The number of nitrogens with one attached hydrogen (secondary N) is 2. The van der Waals surface area contributed by atoms with Crippen LogP contribution in [0.15, 0.2) is 52.3 Å². The van der Waals surface area contributed by atoms with Crippen molar-refractivity contribution in [3.63, 3.8) is 0 Å². The summed E-state index contributed by atoms with van der Waals surface area (Å²) in [5, 5.41) is 5.94. The number of carbonyl (C=O) groups excluding carboxylic acids is 2. The lowest BCUT2D eigenvalue weighted by atomic mass is 9.86. The van der Waals surface area contributed by atoms with Crippen molar-refractivity contribution >= 4 is 29.3 Å². The largest absolute Gasteiger partial charge is 0.349 e. The molecule has 28 heavy (non-hydrogen) atoms. The van der Waals surface area contributed by atoms with Crippen LogP contribution in [0.2, 0.25) is 0 Å². The summed E-state index contributed by atoms with van der Waals surface area (Å²) >= 11 is 1.41. The van der Waals surface area contributed by atoms with Gasteiger partial charge < -0.3 is 10.6 Å². The number of halogens is 1. The molecule has 2 aromatic carbocycles. The van der Waals surface area contributed by atoms with Crippen molar-refractivity contribution in [2.24, 2.45) is 5.92 Å². The first-order valence-electron chi connectivity index (χ1n) is 9.58. The summed E-state index contributed by atoms with van der Waals surface area (Å²) in [6.07, 6.45) is 4.49. The molecular weight excluding hydrogens is 375 g/mol. The number of hydrogen-bond donors (Lipinski definition) is 2. The van der Waals surface area contributed by atoms with Gasteiger partial charge in [-0.25, -0.2) is 4.39 Å². The molecule has 2 N–H and O–H groups in total. The lowest BCUT2D eigenvalue weighted by Crippen LogP contribution is -2.41. The molecule has 4 nitrogen and oxygen atoms in total. The van der Waals surface area contributed by atoms with Crippen LogP contribution in [-0.2, 0) is 4.79 Å². The van der Waals surface area contributed by atoms with Crippen LogP contribution in [0, 0.1) is 11.7 Å². The van der Waals surface area contributed by atoms with Crippen LogP contribution < -0.4 is 10.6 Å². The summed E-state index contributed by atoms with van der Waals surface area (Å²) in [6.45, 7) is 3.61. The van der Waals surface area contributed by atoms with E-state index < -0.39 is 0 Å². The van der Waals surface area contributed by atoms with Crippen molar-refractivity contribution in [1.29, 1.82) is 0 Å².